The van der Waals surface area contributed by atoms with Gasteiger partial charge < -0.3 is 10.5 Å². The van der Waals surface area contributed by atoms with Gasteiger partial charge in [-0.1, -0.05) is 17.7 Å². The van der Waals surface area contributed by atoms with Gasteiger partial charge in [0, 0.05) is 11.6 Å². The van der Waals surface area contributed by atoms with E-state index in [2.05, 4.69) is 13.0 Å². The third kappa shape index (κ3) is 2.82. The van der Waals surface area contributed by atoms with Crippen LogP contribution in [-0.2, 0) is 4.74 Å². The summed E-state index contributed by atoms with van der Waals surface area (Å²) in [6.45, 7) is 4.91. The Kier molecular flexibility index (Phi) is 4.08. The zero-order valence-electron chi connectivity index (χ0n) is 10.5. The second kappa shape index (κ2) is 5.38. The van der Waals surface area contributed by atoms with Crippen LogP contribution in [0.5, 0.6) is 0 Å². The molecule has 1 aromatic carbocycles. The number of nitrogens with two attached hydrogens (primary N) is 1. The first-order chi connectivity index (χ1) is 8.09. The van der Waals surface area contributed by atoms with Crippen LogP contribution < -0.4 is 5.73 Å². The summed E-state index contributed by atoms with van der Waals surface area (Å²) in [5.41, 5.74) is 9.72. The number of ether oxygens (including phenoxy) is 1. The van der Waals surface area contributed by atoms with Gasteiger partial charge in [0.2, 0.25) is 0 Å². The topological polar surface area (TPSA) is 35.2 Å². The molecule has 1 heterocycles. The van der Waals surface area contributed by atoms with Gasteiger partial charge in [0.15, 0.2) is 0 Å². The molecule has 2 atom stereocenters. The molecule has 3 heteroatoms. The van der Waals surface area contributed by atoms with Crippen LogP contribution in [0.4, 0.5) is 0 Å². The Morgan fingerprint density at radius 3 is 2.71 bits per heavy atom. The fourth-order valence-corrected chi connectivity index (χ4v) is 2.63. The Bertz CT molecular complexity index is 399. The van der Waals surface area contributed by atoms with Crippen molar-refractivity contribution < 1.29 is 4.74 Å². The predicted molar refractivity (Wildman–Crippen MR) is 71.4 cm³/mol. The molecule has 2 N–H and O–H groups in total. The van der Waals surface area contributed by atoms with Gasteiger partial charge in [-0.15, -0.1) is 0 Å². The number of rotatable bonds is 2. The Balaban J connectivity index is 2.23. The third-order valence-corrected chi connectivity index (χ3v) is 3.93. The Morgan fingerprint density at radius 1 is 1.29 bits per heavy atom. The third-order valence-electron chi connectivity index (χ3n) is 3.52. The van der Waals surface area contributed by atoms with Crippen molar-refractivity contribution in [3.05, 3.63) is 33.8 Å². The summed E-state index contributed by atoms with van der Waals surface area (Å²) in [6, 6.07) is 4.06. The molecule has 1 aromatic rings. The van der Waals surface area contributed by atoms with E-state index in [1.807, 2.05) is 13.0 Å². The molecule has 1 aliphatic rings. The molecular weight excluding hydrogens is 234 g/mol. The smallest absolute Gasteiger partial charge is 0.0767 e. The lowest BCUT2D eigenvalue weighted by atomic mass is 9.92. The van der Waals surface area contributed by atoms with Crippen LogP contribution in [0.1, 0.15) is 42.0 Å². The van der Waals surface area contributed by atoms with Gasteiger partial charge in [-0.05, 0) is 55.9 Å². The second-order valence-electron chi connectivity index (χ2n) is 4.89. The number of halogens is 1. The molecule has 1 fully saturated rings. The van der Waals surface area contributed by atoms with Gasteiger partial charge in [-0.3, -0.25) is 0 Å². The van der Waals surface area contributed by atoms with Crippen LogP contribution in [0.25, 0.3) is 0 Å². The minimum Gasteiger partial charge on any atom is -0.376 e. The van der Waals surface area contributed by atoms with Crippen LogP contribution in [-0.4, -0.2) is 12.7 Å². The number of benzene rings is 1. The normalized spacial score (nSPS) is 22.5. The molecule has 0 spiro atoms. The lowest BCUT2D eigenvalue weighted by Crippen LogP contribution is -2.32. The lowest BCUT2D eigenvalue weighted by Gasteiger charge is -2.29. The first-order valence-corrected chi connectivity index (χ1v) is 6.61. The molecule has 0 amide bonds. The quantitative estimate of drug-likeness (QED) is 0.875. The van der Waals surface area contributed by atoms with Crippen LogP contribution in [0.15, 0.2) is 12.1 Å². The Morgan fingerprint density at radius 2 is 2.06 bits per heavy atom. The molecule has 94 valence electrons. The molecule has 0 bridgehead atoms. The monoisotopic (exact) mass is 253 g/mol. The van der Waals surface area contributed by atoms with Crippen LogP contribution in [0, 0.1) is 13.8 Å². The van der Waals surface area contributed by atoms with E-state index >= 15 is 0 Å². The fourth-order valence-electron chi connectivity index (χ4n) is 2.41. The van der Waals surface area contributed by atoms with Crippen molar-refractivity contribution in [2.24, 2.45) is 5.73 Å². The maximum absolute atomic E-state index is 6.32. The molecule has 0 aliphatic carbocycles. The van der Waals surface area contributed by atoms with Gasteiger partial charge in [0.1, 0.15) is 0 Å². The van der Waals surface area contributed by atoms with Crippen LogP contribution in [0.3, 0.4) is 0 Å². The van der Waals surface area contributed by atoms with Crippen molar-refractivity contribution in [3.8, 4) is 0 Å². The highest BCUT2D eigenvalue weighted by Crippen LogP contribution is 2.29. The molecule has 2 rings (SSSR count). The zero-order valence-corrected chi connectivity index (χ0v) is 11.3. The van der Waals surface area contributed by atoms with E-state index in [1.165, 1.54) is 12.0 Å². The summed E-state index contributed by atoms with van der Waals surface area (Å²) in [5.74, 6) is 0. The van der Waals surface area contributed by atoms with E-state index in [4.69, 9.17) is 22.1 Å². The maximum atomic E-state index is 6.32. The zero-order chi connectivity index (χ0) is 12.4. The minimum absolute atomic E-state index is 0.0359. The Labute approximate surface area is 108 Å². The summed E-state index contributed by atoms with van der Waals surface area (Å²) in [4.78, 5) is 0. The van der Waals surface area contributed by atoms with Crippen molar-refractivity contribution in [1.82, 2.24) is 0 Å². The van der Waals surface area contributed by atoms with Gasteiger partial charge in [-0.2, -0.15) is 0 Å². The molecule has 2 nitrogen and oxygen atoms in total. The van der Waals surface area contributed by atoms with E-state index in [9.17, 15) is 0 Å². The van der Waals surface area contributed by atoms with Crippen molar-refractivity contribution in [1.29, 1.82) is 0 Å². The average molecular weight is 254 g/mol. The van der Waals surface area contributed by atoms with Crippen LogP contribution in [0.2, 0.25) is 5.02 Å². The first-order valence-electron chi connectivity index (χ1n) is 6.23. The molecular formula is C14H20ClNO. The van der Waals surface area contributed by atoms with Crippen molar-refractivity contribution >= 4 is 11.6 Å². The summed E-state index contributed by atoms with van der Waals surface area (Å²) in [7, 11) is 0. The molecule has 0 aromatic heterocycles. The highest BCUT2D eigenvalue weighted by atomic mass is 35.5. The summed E-state index contributed by atoms with van der Waals surface area (Å²) in [5, 5.41) is 0.808. The van der Waals surface area contributed by atoms with E-state index in [1.54, 1.807) is 0 Å². The predicted octanol–water partition coefficient (Wildman–Crippen LogP) is 3.53. The molecule has 1 saturated heterocycles. The fraction of sp³-hybridized carbons (Fsp3) is 0.571. The number of hydrogen-bond acceptors (Lipinski definition) is 2. The van der Waals surface area contributed by atoms with E-state index in [0.29, 0.717) is 0 Å². The lowest BCUT2D eigenvalue weighted by molar-refractivity contribution is -0.000108. The van der Waals surface area contributed by atoms with Crippen molar-refractivity contribution in [2.45, 2.75) is 45.3 Å². The Hall–Kier alpha value is -0.570. The first kappa shape index (κ1) is 12.9. The van der Waals surface area contributed by atoms with E-state index in [-0.39, 0.29) is 12.1 Å². The summed E-state index contributed by atoms with van der Waals surface area (Å²) < 4.78 is 5.76. The maximum Gasteiger partial charge on any atom is 0.0767 e. The molecule has 17 heavy (non-hydrogen) atoms. The van der Waals surface area contributed by atoms with Gasteiger partial charge in [0.25, 0.3) is 0 Å². The van der Waals surface area contributed by atoms with E-state index < -0.39 is 0 Å². The van der Waals surface area contributed by atoms with E-state index in [0.717, 1.165) is 35.6 Å². The SMILES string of the molecule is Cc1cc(C(N)C2CCCCO2)c(C)cc1Cl. The van der Waals surface area contributed by atoms with Gasteiger partial charge in [-0.25, -0.2) is 0 Å². The van der Waals surface area contributed by atoms with Crippen LogP contribution >= 0.6 is 11.6 Å². The molecule has 0 radical (unpaired) electrons. The highest BCUT2D eigenvalue weighted by molar-refractivity contribution is 6.31. The van der Waals surface area contributed by atoms with Crippen molar-refractivity contribution in [3.63, 3.8) is 0 Å². The molecule has 0 saturated carbocycles. The minimum atomic E-state index is -0.0359. The standard InChI is InChI=1S/C14H20ClNO/c1-9-8-12(15)10(2)7-11(9)14(16)13-5-3-4-6-17-13/h7-8,13-14H,3-6,16H2,1-2H3. The summed E-state index contributed by atoms with van der Waals surface area (Å²) in [6.07, 6.45) is 3.58. The number of aryl methyl sites for hydroxylation is 2. The van der Waals surface area contributed by atoms with Crippen molar-refractivity contribution in [2.75, 3.05) is 6.61 Å². The van der Waals surface area contributed by atoms with Gasteiger partial charge in [0.05, 0.1) is 12.1 Å². The average Bonchev–Trinajstić information content (AvgIpc) is 2.34. The summed E-state index contributed by atoms with van der Waals surface area (Å²) >= 11 is 6.10. The molecule has 2 unspecified atom stereocenters. The largest absolute Gasteiger partial charge is 0.376 e. The second-order valence-corrected chi connectivity index (χ2v) is 5.30. The highest BCUT2D eigenvalue weighted by Gasteiger charge is 2.24. The number of hydrogen-bond donors (Lipinski definition) is 1. The van der Waals surface area contributed by atoms with Gasteiger partial charge >= 0.3 is 0 Å². The molecule has 1 aliphatic heterocycles.